The van der Waals surface area contributed by atoms with Gasteiger partial charge in [-0.15, -0.1) is 0 Å². The van der Waals surface area contributed by atoms with Gasteiger partial charge >= 0.3 is 0 Å². The van der Waals surface area contributed by atoms with Gasteiger partial charge in [0.15, 0.2) is 0 Å². The number of anilines is 1. The first-order chi connectivity index (χ1) is 10.8. The molecule has 0 aliphatic rings. The summed E-state index contributed by atoms with van der Waals surface area (Å²) in [6.07, 6.45) is 0. The number of nitrogens with zero attached hydrogens (tertiary/aromatic N) is 2. The number of aromatic nitrogens is 2. The minimum Gasteiger partial charge on any atom is -0.331 e. The molecule has 0 aliphatic heterocycles. The maximum absolute atomic E-state index is 12.7. The molecular weight excluding hydrogens is 310 g/mol. The summed E-state index contributed by atoms with van der Waals surface area (Å²) in [7, 11) is -1.74. The Morgan fingerprint density at radius 3 is 2.52 bits per heavy atom. The molecule has 1 heterocycles. The van der Waals surface area contributed by atoms with Crippen LogP contribution >= 0.6 is 0 Å². The van der Waals surface area contributed by atoms with Crippen molar-refractivity contribution in [2.24, 2.45) is 7.05 Å². The summed E-state index contributed by atoms with van der Waals surface area (Å²) in [5.41, 5.74) is 4.07. The van der Waals surface area contributed by atoms with Gasteiger partial charge in [0.05, 0.1) is 21.6 Å². The zero-order valence-electron chi connectivity index (χ0n) is 13.6. The molecule has 0 saturated carbocycles. The predicted octanol–water partition coefficient (Wildman–Crippen LogP) is 3.30. The molecule has 0 unspecified atom stereocenters. The number of nitrogens with one attached hydrogen (secondary N) is 1. The van der Waals surface area contributed by atoms with Crippen molar-refractivity contribution in [1.82, 2.24) is 9.55 Å². The Morgan fingerprint density at radius 2 is 1.78 bits per heavy atom. The van der Waals surface area contributed by atoms with E-state index in [1.807, 2.05) is 50.6 Å². The van der Waals surface area contributed by atoms with Gasteiger partial charge in [-0.05, 0) is 56.2 Å². The van der Waals surface area contributed by atoms with E-state index >= 15 is 0 Å². The SMILES string of the molecule is Cc1ccc(C)c(NS(=O)(=O)c2ccc3c(c2)nc(C)n3C)c1. The van der Waals surface area contributed by atoms with E-state index in [0.29, 0.717) is 11.2 Å². The molecule has 5 nitrogen and oxygen atoms in total. The number of imidazole rings is 1. The quantitative estimate of drug-likeness (QED) is 0.802. The van der Waals surface area contributed by atoms with Gasteiger partial charge in [0.25, 0.3) is 10.0 Å². The van der Waals surface area contributed by atoms with Crippen molar-refractivity contribution < 1.29 is 8.42 Å². The molecule has 23 heavy (non-hydrogen) atoms. The third-order valence-corrected chi connectivity index (χ3v) is 5.39. The summed E-state index contributed by atoms with van der Waals surface area (Å²) in [6, 6.07) is 10.7. The van der Waals surface area contributed by atoms with E-state index in [0.717, 1.165) is 22.5 Å². The summed E-state index contributed by atoms with van der Waals surface area (Å²) in [5.74, 6) is 0.844. The van der Waals surface area contributed by atoms with E-state index in [1.54, 1.807) is 18.2 Å². The second-order valence-corrected chi connectivity index (χ2v) is 7.47. The van der Waals surface area contributed by atoms with Crippen LogP contribution in [0.3, 0.4) is 0 Å². The van der Waals surface area contributed by atoms with Crippen LogP contribution in [0.5, 0.6) is 0 Å². The van der Waals surface area contributed by atoms with Crippen LogP contribution in [0.2, 0.25) is 0 Å². The number of aryl methyl sites for hydroxylation is 4. The molecule has 120 valence electrons. The van der Waals surface area contributed by atoms with E-state index in [2.05, 4.69) is 9.71 Å². The lowest BCUT2D eigenvalue weighted by atomic mass is 10.1. The highest BCUT2D eigenvalue weighted by atomic mass is 32.2. The summed E-state index contributed by atoms with van der Waals surface area (Å²) < 4.78 is 29.9. The number of benzene rings is 2. The predicted molar refractivity (Wildman–Crippen MR) is 92.2 cm³/mol. The van der Waals surface area contributed by atoms with Gasteiger partial charge in [-0.25, -0.2) is 13.4 Å². The minimum atomic E-state index is -3.65. The van der Waals surface area contributed by atoms with E-state index in [9.17, 15) is 8.42 Å². The normalized spacial score (nSPS) is 11.8. The first-order valence-electron chi connectivity index (χ1n) is 7.31. The second-order valence-electron chi connectivity index (χ2n) is 5.79. The highest BCUT2D eigenvalue weighted by Crippen LogP contribution is 2.23. The van der Waals surface area contributed by atoms with Gasteiger partial charge < -0.3 is 4.57 Å². The van der Waals surface area contributed by atoms with E-state index in [-0.39, 0.29) is 4.90 Å². The molecule has 6 heteroatoms. The molecule has 0 spiro atoms. The topological polar surface area (TPSA) is 64.0 Å². The molecule has 1 aromatic heterocycles. The van der Waals surface area contributed by atoms with Crippen LogP contribution in [0.15, 0.2) is 41.3 Å². The number of rotatable bonds is 3. The zero-order chi connectivity index (χ0) is 16.8. The molecule has 2 aromatic carbocycles. The Morgan fingerprint density at radius 1 is 1.04 bits per heavy atom. The Bertz CT molecular complexity index is 1000. The highest BCUT2D eigenvalue weighted by molar-refractivity contribution is 7.92. The van der Waals surface area contributed by atoms with Crippen molar-refractivity contribution >= 4 is 26.7 Å². The van der Waals surface area contributed by atoms with Crippen LogP contribution in [0.1, 0.15) is 17.0 Å². The fourth-order valence-electron chi connectivity index (χ4n) is 2.52. The van der Waals surface area contributed by atoms with Crippen molar-refractivity contribution in [3.63, 3.8) is 0 Å². The van der Waals surface area contributed by atoms with E-state index < -0.39 is 10.0 Å². The highest BCUT2D eigenvalue weighted by Gasteiger charge is 2.17. The van der Waals surface area contributed by atoms with Crippen LogP contribution in [0.25, 0.3) is 11.0 Å². The van der Waals surface area contributed by atoms with Gasteiger partial charge in [0.2, 0.25) is 0 Å². The molecule has 0 radical (unpaired) electrons. The van der Waals surface area contributed by atoms with E-state index in [4.69, 9.17) is 0 Å². The molecule has 0 fully saturated rings. The maximum atomic E-state index is 12.7. The van der Waals surface area contributed by atoms with Gasteiger partial charge in [-0.3, -0.25) is 4.72 Å². The Hall–Kier alpha value is -2.34. The average Bonchev–Trinajstić information content (AvgIpc) is 2.77. The summed E-state index contributed by atoms with van der Waals surface area (Å²) in [6.45, 7) is 5.70. The standard InChI is InChI=1S/C17H19N3O2S/c1-11-5-6-12(2)15(9-11)19-23(21,22)14-7-8-17-16(10-14)18-13(3)20(17)4/h5-10,19H,1-4H3. The Kier molecular flexibility index (Phi) is 3.64. The fourth-order valence-corrected chi connectivity index (χ4v) is 3.66. The lowest BCUT2D eigenvalue weighted by Crippen LogP contribution is -2.13. The van der Waals surface area contributed by atoms with Gasteiger partial charge in [-0.1, -0.05) is 12.1 Å². The van der Waals surface area contributed by atoms with Crippen LogP contribution in [-0.2, 0) is 17.1 Å². The van der Waals surface area contributed by atoms with Crippen molar-refractivity contribution in [2.75, 3.05) is 4.72 Å². The largest absolute Gasteiger partial charge is 0.331 e. The molecule has 0 bridgehead atoms. The molecule has 0 aliphatic carbocycles. The monoisotopic (exact) mass is 329 g/mol. The van der Waals surface area contributed by atoms with Crippen molar-refractivity contribution in [3.05, 3.63) is 53.3 Å². The lowest BCUT2D eigenvalue weighted by Gasteiger charge is -2.11. The first kappa shape index (κ1) is 15.6. The average molecular weight is 329 g/mol. The van der Waals surface area contributed by atoms with Crippen molar-refractivity contribution in [1.29, 1.82) is 0 Å². The molecule has 0 atom stereocenters. The Labute approximate surface area is 136 Å². The fraction of sp³-hybridized carbons (Fsp3) is 0.235. The smallest absolute Gasteiger partial charge is 0.261 e. The van der Waals surface area contributed by atoms with Gasteiger partial charge in [-0.2, -0.15) is 0 Å². The maximum Gasteiger partial charge on any atom is 0.261 e. The van der Waals surface area contributed by atoms with Crippen molar-refractivity contribution in [3.8, 4) is 0 Å². The van der Waals surface area contributed by atoms with E-state index in [1.165, 1.54) is 0 Å². The zero-order valence-corrected chi connectivity index (χ0v) is 14.4. The van der Waals surface area contributed by atoms with Crippen LogP contribution < -0.4 is 4.72 Å². The number of hydrogen-bond donors (Lipinski definition) is 1. The first-order valence-corrected chi connectivity index (χ1v) is 8.79. The molecule has 3 aromatic rings. The lowest BCUT2D eigenvalue weighted by molar-refractivity contribution is 0.601. The van der Waals surface area contributed by atoms with Crippen LogP contribution in [0, 0.1) is 20.8 Å². The summed E-state index contributed by atoms with van der Waals surface area (Å²) in [5, 5.41) is 0. The minimum absolute atomic E-state index is 0.212. The third-order valence-electron chi connectivity index (χ3n) is 4.02. The molecule has 0 amide bonds. The molecular formula is C17H19N3O2S. The Balaban J connectivity index is 2.04. The van der Waals surface area contributed by atoms with Gasteiger partial charge in [0, 0.05) is 7.05 Å². The number of sulfonamides is 1. The van der Waals surface area contributed by atoms with Crippen LogP contribution in [0.4, 0.5) is 5.69 Å². The third kappa shape index (κ3) is 2.82. The number of fused-ring (bicyclic) bond motifs is 1. The molecule has 0 saturated heterocycles. The molecule has 1 N–H and O–H groups in total. The summed E-state index contributed by atoms with van der Waals surface area (Å²) in [4.78, 5) is 4.61. The summed E-state index contributed by atoms with van der Waals surface area (Å²) >= 11 is 0. The van der Waals surface area contributed by atoms with Gasteiger partial charge in [0.1, 0.15) is 5.82 Å². The molecule has 3 rings (SSSR count). The van der Waals surface area contributed by atoms with Crippen LogP contribution in [-0.4, -0.2) is 18.0 Å². The number of hydrogen-bond acceptors (Lipinski definition) is 3. The second kappa shape index (κ2) is 5.38. The van der Waals surface area contributed by atoms with Crippen molar-refractivity contribution in [2.45, 2.75) is 25.7 Å².